The van der Waals surface area contributed by atoms with E-state index in [4.69, 9.17) is 0 Å². The number of carbonyl (C=O) groups is 7. The van der Waals surface area contributed by atoms with Gasteiger partial charge in [0, 0.05) is 43.0 Å². The van der Waals surface area contributed by atoms with Gasteiger partial charge in [0.25, 0.3) is 0 Å². The van der Waals surface area contributed by atoms with Crippen molar-refractivity contribution in [3.63, 3.8) is 0 Å². The number of hydrogen-bond acceptors (Lipinski definition) is 7. The Balaban J connectivity index is 1.30. The number of carbonyl (C=O) groups excluding carboxylic acids is 7. The topological polar surface area (TPSA) is 202 Å². The zero-order valence-electron chi connectivity index (χ0n) is 29.0. The van der Waals surface area contributed by atoms with Crippen LogP contribution in [-0.4, -0.2) is 113 Å². The van der Waals surface area contributed by atoms with Crippen LogP contribution < -0.4 is 26.6 Å². The molecule has 52 heavy (non-hydrogen) atoms. The van der Waals surface area contributed by atoms with Gasteiger partial charge in [0.15, 0.2) is 0 Å². The summed E-state index contributed by atoms with van der Waals surface area (Å²) in [4.78, 5) is 101. The number of amides is 7. The first kappa shape index (κ1) is 36.1. The molecule has 3 fully saturated rings. The third kappa shape index (κ3) is 8.24. The molecule has 5 atom stereocenters. The van der Waals surface area contributed by atoms with Gasteiger partial charge in [0.2, 0.25) is 41.4 Å². The Morgan fingerprint density at radius 1 is 0.654 bits per heavy atom. The molecule has 1 aromatic heterocycles. The Hall–Kier alpha value is -5.73. The highest BCUT2D eigenvalue weighted by atomic mass is 16.2. The van der Waals surface area contributed by atoms with Crippen LogP contribution >= 0.6 is 0 Å². The molecule has 3 aromatic rings. The van der Waals surface area contributed by atoms with Gasteiger partial charge in [0.05, 0.1) is 13.1 Å². The summed E-state index contributed by atoms with van der Waals surface area (Å²) in [5.41, 5.74) is 2.35. The fourth-order valence-electron chi connectivity index (χ4n) is 7.22. The summed E-state index contributed by atoms with van der Waals surface area (Å²) >= 11 is 0. The molecular formula is C37H44N8O7. The van der Waals surface area contributed by atoms with Gasteiger partial charge in [-0.25, -0.2) is 0 Å². The van der Waals surface area contributed by atoms with E-state index < -0.39 is 84.6 Å². The van der Waals surface area contributed by atoms with Crippen LogP contribution in [0.4, 0.5) is 0 Å². The van der Waals surface area contributed by atoms with E-state index in [0.717, 1.165) is 22.0 Å². The van der Waals surface area contributed by atoms with E-state index in [2.05, 4.69) is 31.6 Å². The highest BCUT2D eigenvalue weighted by Crippen LogP contribution is 2.22. The summed E-state index contributed by atoms with van der Waals surface area (Å²) in [6, 6.07) is 11.6. The number of aromatic nitrogens is 1. The molecule has 3 aliphatic rings. The first-order chi connectivity index (χ1) is 25.1. The summed E-state index contributed by atoms with van der Waals surface area (Å²) < 4.78 is 0. The van der Waals surface area contributed by atoms with E-state index in [9.17, 15) is 33.6 Å². The first-order valence-corrected chi connectivity index (χ1v) is 17.7. The van der Waals surface area contributed by atoms with Crippen LogP contribution in [0.5, 0.6) is 0 Å². The predicted molar refractivity (Wildman–Crippen MR) is 189 cm³/mol. The van der Waals surface area contributed by atoms with Gasteiger partial charge in [-0.3, -0.25) is 33.6 Å². The molecule has 0 aliphatic carbocycles. The molecule has 0 bridgehead atoms. The Labute approximate surface area is 300 Å². The molecule has 7 amide bonds. The largest absolute Gasteiger partial charge is 0.361 e. The Kier molecular flexibility index (Phi) is 11.2. The van der Waals surface area contributed by atoms with Crippen LogP contribution in [0, 0.1) is 0 Å². The molecule has 0 saturated carbocycles. The third-order valence-corrected chi connectivity index (χ3v) is 9.95. The van der Waals surface area contributed by atoms with Crippen LogP contribution in [0.3, 0.4) is 0 Å². The molecule has 6 rings (SSSR count). The Bertz CT molecular complexity index is 1850. The lowest BCUT2D eigenvalue weighted by atomic mass is 10.0. The van der Waals surface area contributed by atoms with Gasteiger partial charge < -0.3 is 41.4 Å². The number of fused-ring (bicyclic) bond motifs is 3. The minimum Gasteiger partial charge on any atom is -0.361 e. The van der Waals surface area contributed by atoms with Crippen molar-refractivity contribution in [1.82, 2.24) is 41.4 Å². The third-order valence-electron chi connectivity index (χ3n) is 9.95. The molecule has 274 valence electrons. The Morgan fingerprint density at radius 2 is 1.29 bits per heavy atom. The number of para-hydroxylation sites is 1. The van der Waals surface area contributed by atoms with Gasteiger partial charge in [-0.2, -0.15) is 0 Å². The number of hydrogen-bond donors (Lipinski definition) is 6. The first-order valence-electron chi connectivity index (χ1n) is 17.7. The van der Waals surface area contributed by atoms with Crippen LogP contribution in [-0.2, 0) is 46.4 Å². The van der Waals surface area contributed by atoms with Gasteiger partial charge >= 0.3 is 0 Å². The fraction of sp³-hybridized carbons (Fsp3) is 0.432. The molecule has 0 radical (unpaired) electrons. The summed E-state index contributed by atoms with van der Waals surface area (Å²) in [6.07, 6.45) is 3.77. The number of benzene rings is 2. The standard InChI is InChI=1S/C37H44N8O7/c1-22-37(52)45-16-8-14-30(45)36(51)43-27(17-23-9-3-2-4-10-23)34(49)42-28(18-24-19-38-26-12-6-5-11-25(24)26)33(48)40-20-31(46)39-21-32(47)44-15-7-13-29(44)35(50)41-22/h2-6,9-12,19,22,27-30,38H,7-8,13-18,20-21H2,1H3,(H,39,46)(H,40,48)(H,41,50)(H,42,49)(H,43,51). The van der Waals surface area contributed by atoms with Crippen molar-refractivity contribution < 1.29 is 33.6 Å². The molecule has 3 aliphatic heterocycles. The SMILES string of the molecule is CC1NC(=O)C2CCCN2C(=O)CNC(=O)CNC(=O)C(Cc2c[nH]c3ccccc23)NC(=O)C(Cc2ccccc2)NC(=O)C2CCCN2C1=O. The van der Waals surface area contributed by atoms with Crippen LogP contribution in [0.15, 0.2) is 60.8 Å². The second-order valence-electron chi connectivity index (χ2n) is 13.5. The number of rotatable bonds is 4. The van der Waals surface area contributed by atoms with Gasteiger partial charge in [-0.1, -0.05) is 48.5 Å². The lowest BCUT2D eigenvalue weighted by molar-refractivity contribution is -0.143. The molecule has 2 aromatic carbocycles. The van der Waals surface area contributed by atoms with Gasteiger partial charge in [0.1, 0.15) is 30.2 Å². The van der Waals surface area contributed by atoms with Crippen LogP contribution in [0.1, 0.15) is 43.7 Å². The summed E-state index contributed by atoms with van der Waals surface area (Å²) in [5, 5.41) is 14.3. The molecule has 15 nitrogen and oxygen atoms in total. The van der Waals surface area contributed by atoms with Crippen LogP contribution in [0.2, 0.25) is 0 Å². The van der Waals surface area contributed by atoms with Gasteiger partial charge in [-0.05, 0) is 49.8 Å². The lowest BCUT2D eigenvalue weighted by Crippen LogP contribution is -2.59. The van der Waals surface area contributed by atoms with E-state index in [0.29, 0.717) is 32.2 Å². The van der Waals surface area contributed by atoms with Crippen molar-refractivity contribution in [3.8, 4) is 0 Å². The highest BCUT2D eigenvalue weighted by Gasteiger charge is 2.40. The van der Waals surface area contributed by atoms with Gasteiger partial charge in [-0.15, -0.1) is 0 Å². The van der Waals surface area contributed by atoms with Crippen molar-refractivity contribution in [2.45, 2.75) is 75.7 Å². The maximum atomic E-state index is 14.1. The number of nitrogens with one attached hydrogen (secondary N) is 6. The Morgan fingerprint density at radius 3 is 2.06 bits per heavy atom. The maximum absolute atomic E-state index is 14.1. The zero-order valence-corrected chi connectivity index (χ0v) is 29.0. The molecule has 5 unspecified atom stereocenters. The van der Waals surface area contributed by atoms with Crippen molar-refractivity contribution in [1.29, 1.82) is 0 Å². The fourth-order valence-corrected chi connectivity index (χ4v) is 7.22. The molecule has 4 heterocycles. The summed E-state index contributed by atoms with van der Waals surface area (Å²) in [5.74, 6) is -3.89. The average molecular weight is 713 g/mol. The lowest BCUT2D eigenvalue weighted by Gasteiger charge is -2.30. The van der Waals surface area contributed by atoms with Crippen molar-refractivity contribution >= 4 is 52.3 Å². The highest BCUT2D eigenvalue weighted by molar-refractivity contribution is 5.98. The number of aromatic amines is 1. The maximum Gasteiger partial charge on any atom is 0.245 e. The minimum atomic E-state index is -1.15. The predicted octanol–water partition coefficient (Wildman–Crippen LogP) is -0.345. The van der Waals surface area contributed by atoms with Crippen molar-refractivity contribution in [3.05, 3.63) is 71.9 Å². The van der Waals surface area contributed by atoms with E-state index in [1.54, 1.807) is 6.20 Å². The molecule has 3 saturated heterocycles. The zero-order chi connectivity index (χ0) is 36.8. The average Bonchev–Trinajstić information content (AvgIpc) is 3.93. The quantitative estimate of drug-likeness (QED) is 0.212. The van der Waals surface area contributed by atoms with E-state index in [1.165, 1.54) is 16.7 Å². The molecule has 6 N–H and O–H groups in total. The smallest absolute Gasteiger partial charge is 0.245 e. The summed E-state index contributed by atoms with van der Waals surface area (Å²) in [7, 11) is 0. The second kappa shape index (κ2) is 16.1. The molecule has 15 heteroatoms. The van der Waals surface area contributed by atoms with Crippen molar-refractivity contribution in [2.24, 2.45) is 0 Å². The minimum absolute atomic E-state index is 0.0634. The number of H-pyrrole nitrogens is 1. The van der Waals surface area contributed by atoms with E-state index in [-0.39, 0.29) is 19.4 Å². The van der Waals surface area contributed by atoms with Crippen LogP contribution in [0.25, 0.3) is 10.9 Å². The number of nitrogens with zero attached hydrogens (tertiary/aromatic N) is 2. The molecular weight excluding hydrogens is 668 g/mol. The molecule has 0 spiro atoms. The second-order valence-corrected chi connectivity index (χ2v) is 13.5. The monoisotopic (exact) mass is 712 g/mol. The summed E-state index contributed by atoms with van der Waals surface area (Å²) in [6.45, 7) is 1.26. The van der Waals surface area contributed by atoms with Crippen molar-refractivity contribution in [2.75, 3.05) is 26.2 Å². The normalized spacial score (nSPS) is 25.7. The van der Waals surface area contributed by atoms with E-state index >= 15 is 0 Å². The van der Waals surface area contributed by atoms with E-state index in [1.807, 2.05) is 54.6 Å².